The van der Waals surface area contributed by atoms with Crippen molar-refractivity contribution in [2.24, 2.45) is 0 Å². The summed E-state index contributed by atoms with van der Waals surface area (Å²) in [6, 6.07) is 6.00. The molecule has 0 aliphatic carbocycles. The molecule has 1 aromatic carbocycles. The topological polar surface area (TPSA) is 81.7 Å². The summed E-state index contributed by atoms with van der Waals surface area (Å²) in [5.41, 5.74) is 2.27. The minimum absolute atomic E-state index is 0.0164. The number of H-pyrrole nitrogens is 1. The van der Waals surface area contributed by atoms with Crippen molar-refractivity contribution < 1.29 is 14.6 Å². The molecule has 1 amide bonds. The molecule has 0 unspecified atom stereocenters. The van der Waals surface area contributed by atoms with Crippen LogP contribution in [0.1, 0.15) is 35.3 Å². The maximum absolute atomic E-state index is 13.2. The van der Waals surface area contributed by atoms with E-state index >= 15 is 0 Å². The first-order chi connectivity index (χ1) is 13.1. The minimum Gasteiger partial charge on any atom is -0.396 e. The van der Waals surface area contributed by atoms with Crippen LogP contribution in [0.5, 0.6) is 0 Å². The van der Waals surface area contributed by atoms with E-state index in [2.05, 4.69) is 15.1 Å². The Morgan fingerprint density at radius 3 is 2.93 bits per heavy atom. The highest BCUT2D eigenvalue weighted by atomic mass is 16.5. The van der Waals surface area contributed by atoms with Gasteiger partial charge >= 0.3 is 0 Å². The van der Waals surface area contributed by atoms with E-state index in [-0.39, 0.29) is 18.1 Å². The second-order valence-electron chi connectivity index (χ2n) is 7.80. The summed E-state index contributed by atoms with van der Waals surface area (Å²) in [7, 11) is 0. The lowest BCUT2D eigenvalue weighted by atomic mass is 9.89. The van der Waals surface area contributed by atoms with Gasteiger partial charge in [0.1, 0.15) is 0 Å². The molecular formula is C20H28N4O3. The number of benzene rings is 1. The van der Waals surface area contributed by atoms with Crippen molar-refractivity contribution in [3.05, 3.63) is 29.5 Å². The van der Waals surface area contributed by atoms with Crippen LogP contribution >= 0.6 is 0 Å². The molecule has 1 spiro atoms. The number of carbonyl (C=O) groups is 1. The molecule has 0 atom stereocenters. The van der Waals surface area contributed by atoms with E-state index in [9.17, 15) is 4.79 Å². The molecule has 2 fully saturated rings. The zero-order chi connectivity index (χ0) is 18.9. The SMILES string of the molecule is Cc1ccc2[nH]nc(C(=O)N3CCOC4(CCN(CCCO)CC4)C3)c2c1. The van der Waals surface area contributed by atoms with Gasteiger partial charge in [-0.3, -0.25) is 9.89 Å². The van der Waals surface area contributed by atoms with Gasteiger partial charge in [-0.05, 0) is 38.3 Å². The van der Waals surface area contributed by atoms with Crippen molar-refractivity contribution in [3.63, 3.8) is 0 Å². The molecule has 146 valence electrons. The number of aliphatic hydroxyl groups is 1. The first-order valence-electron chi connectivity index (χ1n) is 9.81. The van der Waals surface area contributed by atoms with Crippen molar-refractivity contribution in [3.8, 4) is 0 Å². The van der Waals surface area contributed by atoms with E-state index in [0.29, 0.717) is 25.4 Å². The van der Waals surface area contributed by atoms with Gasteiger partial charge in [0.25, 0.3) is 5.91 Å². The third-order valence-electron chi connectivity index (χ3n) is 5.86. The van der Waals surface area contributed by atoms with E-state index in [0.717, 1.165) is 55.4 Å². The first-order valence-corrected chi connectivity index (χ1v) is 9.81. The molecule has 0 radical (unpaired) electrons. The predicted molar refractivity (Wildman–Crippen MR) is 103 cm³/mol. The summed E-state index contributed by atoms with van der Waals surface area (Å²) in [6.07, 6.45) is 2.65. The van der Waals surface area contributed by atoms with Crippen LogP contribution in [0.3, 0.4) is 0 Å². The number of nitrogens with zero attached hydrogens (tertiary/aromatic N) is 3. The average molecular weight is 372 g/mol. The molecule has 4 rings (SSSR count). The molecule has 1 aromatic heterocycles. The molecular weight excluding hydrogens is 344 g/mol. The fraction of sp³-hybridized carbons (Fsp3) is 0.600. The average Bonchev–Trinajstić information content (AvgIpc) is 3.10. The van der Waals surface area contributed by atoms with Gasteiger partial charge in [0, 0.05) is 38.2 Å². The summed E-state index contributed by atoms with van der Waals surface area (Å²) in [5.74, 6) is -0.0164. The third kappa shape index (κ3) is 3.72. The van der Waals surface area contributed by atoms with Crippen LogP contribution in [0.4, 0.5) is 0 Å². The quantitative estimate of drug-likeness (QED) is 0.851. The fourth-order valence-corrected chi connectivity index (χ4v) is 4.24. The van der Waals surface area contributed by atoms with E-state index in [1.807, 2.05) is 30.0 Å². The van der Waals surface area contributed by atoms with Gasteiger partial charge in [-0.25, -0.2) is 0 Å². The Balaban J connectivity index is 1.46. The number of rotatable bonds is 4. The molecule has 2 saturated heterocycles. The smallest absolute Gasteiger partial charge is 0.275 e. The van der Waals surface area contributed by atoms with Gasteiger partial charge in [-0.15, -0.1) is 0 Å². The maximum Gasteiger partial charge on any atom is 0.275 e. The Morgan fingerprint density at radius 2 is 2.15 bits per heavy atom. The number of aliphatic hydroxyl groups excluding tert-OH is 1. The summed E-state index contributed by atoms with van der Waals surface area (Å²) >= 11 is 0. The molecule has 2 aliphatic heterocycles. The molecule has 2 N–H and O–H groups in total. The molecule has 7 heteroatoms. The Kier molecular flexibility index (Phi) is 5.16. The number of aryl methyl sites for hydroxylation is 1. The summed E-state index contributed by atoms with van der Waals surface area (Å²) in [6.45, 7) is 6.89. The first kappa shape index (κ1) is 18.4. The zero-order valence-corrected chi connectivity index (χ0v) is 15.9. The third-order valence-corrected chi connectivity index (χ3v) is 5.86. The number of hydrogen-bond donors (Lipinski definition) is 2. The van der Waals surface area contributed by atoms with Crippen LogP contribution in [0.15, 0.2) is 18.2 Å². The number of carbonyl (C=O) groups excluding carboxylic acids is 1. The molecule has 0 bridgehead atoms. The minimum atomic E-state index is -0.244. The number of ether oxygens (including phenoxy) is 1. The van der Waals surface area contributed by atoms with E-state index < -0.39 is 0 Å². The highest BCUT2D eigenvalue weighted by Gasteiger charge is 2.41. The highest BCUT2D eigenvalue weighted by Crippen LogP contribution is 2.31. The summed E-state index contributed by atoms with van der Waals surface area (Å²) in [4.78, 5) is 17.4. The van der Waals surface area contributed by atoms with Crippen LogP contribution in [-0.4, -0.2) is 82.5 Å². The molecule has 0 saturated carbocycles. The fourth-order valence-electron chi connectivity index (χ4n) is 4.24. The summed E-state index contributed by atoms with van der Waals surface area (Å²) in [5, 5.41) is 17.2. The van der Waals surface area contributed by atoms with Gasteiger partial charge in [-0.2, -0.15) is 5.10 Å². The molecule has 2 aliphatic rings. The Labute approximate surface area is 159 Å². The van der Waals surface area contributed by atoms with Crippen LogP contribution in [-0.2, 0) is 4.74 Å². The molecule has 3 heterocycles. The Bertz CT molecular complexity index is 811. The number of fused-ring (bicyclic) bond motifs is 1. The summed E-state index contributed by atoms with van der Waals surface area (Å²) < 4.78 is 6.17. The van der Waals surface area contributed by atoms with Crippen molar-refractivity contribution in [1.82, 2.24) is 20.0 Å². The van der Waals surface area contributed by atoms with Gasteiger partial charge in [-0.1, -0.05) is 11.6 Å². The van der Waals surface area contributed by atoms with Gasteiger partial charge in [0.2, 0.25) is 0 Å². The number of amides is 1. The number of aromatic nitrogens is 2. The number of nitrogens with one attached hydrogen (secondary N) is 1. The van der Waals surface area contributed by atoms with Crippen LogP contribution in [0.25, 0.3) is 10.9 Å². The standard InChI is InChI=1S/C20H28N4O3/c1-15-3-4-17-16(13-15)18(22-21-17)19(26)24-10-12-27-20(14-24)5-8-23(9-6-20)7-2-11-25/h3-4,13,25H,2,5-12,14H2,1H3,(H,21,22). The monoisotopic (exact) mass is 372 g/mol. The van der Waals surface area contributed by atoms with E-state index in [1.54, 1.807) is 0 Å². The Morgan fingerprint density at radius 1 is 1.33 bits per heavy atom. The number of aromatic amines is 1. The maximum atomic E-state index is 13.2. The van der Waals surface area contributed by atoms with Crippen molar-refractivity contribution in [1.29, 1.82) is 0 Å². The molecule has 2 aromatic rings. The largest absolute Gasteiger partial charge is 0.396 e. The van der Waals surface area contributed by atoms with Gasteiger partial charge in [0.15, 0.2) is 5.69 Å². The zero-order valence-electron chi connectivity index (χ0n) is 15.9. The Hall–Kier alpha value is -1.96. The number of likely N-dealkylation sites (tertiary alicyclic amines) is 1. The lowest BCUT2D eigenvalue weighted by molar-refractivity contribution is -0.127. The lowest BCUT2D eigenvalue weighted by Crippen LogP contribution is -2.58. The highest BCUT2D eigenvalue weighted by molar-refractivity contribution is 6.04. The van der Waals surface area contributed by atoms with Crippen molar-refractivity contribution in [2.45, 2.75) is 31.8 Å². The van der Waals surface area contributed by atoms with Crippen molar-refractivity contribution >= 4 is 16.8 Å². The van der Waals surface area contributed by atoms with Crippen LogP contribution in [0, 0.1) is 6.92 Å². The molecule has 7 nitrogen and oxygen atoms in total. The molecule has 27 heavy (non-hydrogen) atoms. The van der Waals surface area contributed by atoms with Crippen LogP contribution in [0.2, 0.25) is 0 Å². The number of hydrogen-bond acceptors (Lipinski definition) is 5. The van der Waals surface area contributed by atoms with Gasteiger partial charge < -0.3 is 19.6 Å². The van der Waals surface area contributed by atoms with Crippen molar-refractivity contribution in [2.75, 3.05) is 45.9 Å². The normalized spacial score (nSPS) is 20.4. The predicted octanol–water partition coefficient (Wildman–Crippen LogP) is 1.56. The number of morpholine rings is 1. The lowest BCUT2D eigenvalue weighted by Gasteiger charge is -2.47. The van der Waals surface area contributed by atoms with Gasteiger partial charge in [0.05, 0.1) is 24.3 Å². The second-order valence-corrected chi connectivity index (χ2v) is 7.80. The second kappa shape index (κ2) is 7.58. The number of piperidine rings is 1. The van der Waals surface area contributed by atoms with E-state index in [4.69, 9.17) is 9.84 Å². The van der Waals surface area contributed by atoms with Crippen LogP contribution < -0.4 is 0 Å². The van der Waals surface area contributed by atoms with E-state index in [1.165, 1.54) is 0 Å².